The highest BCUT2D eigenvalue weighted by Gasteiger charge is 2.41. The maximum absolute atomic E-state index is 13.3. The van der Waals surface area contributed by atoms with Crippen LogP contribution in [0.2, 0.25) is 5.02 Å². The van der Waals surface area contributed by atoms with Crippen LogP contribution in [0.1, 0.15) is 17.3 Å². The Kier molecular flexibility index (Phi) is 5.31. The quantitative estimate of drug-likeness (QED) is 0.799. The number of benzene rings is 1. The topological polar surface area (TPSA) is 78.5 Å². The minimum absolute atomic E-state index is 0.108. The van der Waals surface area contributed by atoms with Crippen molar-refractivity contribution in [3.63, 3.8) is 0 Å². The molecule has 0 saturated carbocycles. The lowest BCUT2D eigenvalue weighted by Gasteiger charge is -2.35. The van der Waals surface area contributed by atoms with Crippen LogP contribution in [0.25, 0.3) is 0 Å². The van der Waals surface area contributed by atoms with Gasteiger partial charge in [-0.2, -0.15) is 21.8 Å². The Bertz CT molecular complexity index is 951. The van der Waals surface area contributed by atoms with E-state index in [0.717, 1.165) is 21.7 Å². The minimum Gasteiger partial charge on any atom is -0.325 e. The van der Waals surface area contributed by atoms with Gasteiger partial charge in [-0.15, -0.1) is 11.3 Å². The van der Waals surface area contributed by atoms with Crippen LogP contribution >= 0.6 is 22.9 Å². The van der Waals surface area contributed by atoms with Crippen molar-refractivity contribution < 1.29 is 22.0 Å². The molecule has 2 atom stereocenters. The van der Waals surface area contributed by atoms with Crippen molar-refractivity contribution in [1.82, 2.24) is 9.03 Å². The number of amides is 1. The van der Waals surface area contributed by atoms with E-state index in [1.54, 1.807) is 0 Å². The summed E-state index contributed by atoms with van der Waals surface area (Å²) in [5.41, 5.74) is 0.240. The van der Waals surface area contributed by atoms with E-state index in [0.29, 0.717) is 4.88 Å². The molecule has 2 aromatic rings. The van der Waals surface area contributed by atoms with Crippen molar-refractivity contribution in [1.29, 1.82) is 0 Å². The molecule has 0 spiro atoms. The zero-order valence-corrected chi connectivity index (χ0v) is 15.8. The summed E-state index contributed by atoms with van der Waals surface area (Å²) in [6.45, 7) is 0. The average Bonchev–Trinajstić information content (AvgIpc) is 2.99. The minimum atomic E-state index is -3.93. The van der Waals surface area contributed by atoms with Crippen molar-refractivity contribution in [2.75, 3.05) is 12.4 Å². The molecule has 1 saturated heterocycles. The van der Waals surface area contributed by atoms with E-state index < -0.39 is 39.1 Å². The summed E-state index contributed by atoms with van der Waals surface area (Å²) in [6.07, 6.45) is 0.108. The molecule has 0 bridgehead atoms. The largest absolute Gasteiger partial charge is 0.325 e. The van der Waals surface area contributed by atoms with Crippen LogP contribution in [0.3, 0.4) is 0 Å². The molecule has 2 N–H and O–H groups in total. The van der Waals surface area contributed by atoms with Gasteiger partial charge in [0.05, 0.1) is 11.1 Å². The van der Waals surface area contributed by atoms with Crippen molar-refractivity contribution in [2.24, 2.45) is 0 Å². The number of thiophene rings is 1. The van der Waals surface area contributed by atoms with Crippen LogP contribution in [0.15, 0.2) is 30.3 Å². The third-order valence-electron chi connectivity index (χ3n) is 4.00. The highest BCUT2D eigenvalue weighted by Crippen LogP contribution is 2.32. The summed E-state index contributed by atoms with van der Waals surface area (Å²) < 4.78 is 54.5. The van der Waals surface area contributed by atoms with Crippen LogP contribution in [-0.2, 0) is 15.0 Å². The van der Waals surface area contributed by atoms with Gasteiger partial charge in [0.2, 0.25) is 5.91 Å². The van der Waals surface area contributed by atoms with E-state index in [4.69, 9.17) is 11.6 Å². The van der Waals surface area contributed by atoms with Crippen LogP contribution in [0, 0.1) is 10.9 Å². The van der Waals surface area contributed by atoms with E-state index in [9.17, 15) is 22.0 Å². The molecule has 1 fully saturated rings. The van der Waals surface area contributed by atoms with Crippen LogP contribution in [-0.4, -0.2) is 31.7 Å². The SMILES string of the molecule is CN1C(C(=O)Nc2ccc(F)c(Cl)c2)CC(c2ccc(F)s2)NS1(=O)=O. The van der Waals surface area contributed by atoms with E-state index >= 15 is 0 Å². The van der Waals surface area contributed by atoms with E-state index in [1.165, 1.54) is 31.3 Å². The zero-order chi connectivity index (χ0) is 19.1. The number of halogens is 3. The standard InChI is InChI=1S/C15H14ClF2N3O3S2/c1-21-12(15(22)19-8-2-3-10(17)9(16)6-8)7-11(20-26(21,23)24)13-4-5-14(18)25-13/h2-6,11-12,20H,7H2,1H3,(H,19,22). The second kappa shape index (κ2) is 7.20. The lowest BCUT2D eigenvalue weighted by molar-refractivity contribution is -0.120. The molecule has 1 aliphatic rings. The Hall–Kier alpha value is -1.59. The molecule has 1 amide bonds. The fraction of sp³-hybridized carbons (Fsp3) is 0.267. The van der Waals surface area contributed by atoms with Crippen molar-refractivity contribution in [3.05, 3.63) is 51.2 Å². The number of carbonyl (C=O) groups is 1. The Labute approximate surface area is 157 Å². The monoisotopic (exact) mass is 421 g/mol. The first-order valence-electron chi connectivity index (χ1n) is 7.44. The Morgan fingerprint density at radius 1 is 1.35 bits per heavy atom. The molecule has 2 unspecified atom stereocenters. The summed E-state index contributed by atoms with van der Waals surface area (Å²) in [4.78, 5) is 13.1. The fourth-order valence-corrected chi connectivity index (χ4v) is 4.93. The zero-order valence-electron chi connectivity index (χ0n) is 13.4. The Balaban J connectivity index is 1.83. The number of nitrogens with zero attached hydrogens (tertiary/aromatic N) is 1. The van der Waals surface area contributed by atoms with Gasteiger partial charge in [0.15, 0.2) is 5.13 Å². The third-order valence-corrected chi connectivity index (χ3v) is 6.87. The predicted molar refractivity (Wildman–Crippen MR) is 95.3 cm³/mol. The Morgan fingerprint density at radius 2 is 2.08 bits per heavy atom. The van der Waals surface area contributed by atoms with Crippen molar-refractivity contribution in [3.8, 4) is 0 Å². The van der Waals surface area contributed by atoms with Gasteiger partial charge in [-0.25, -0.2) is 4.39 Å². The molecular formula is C15H14ClF2N3O3S2. The highest BCUT2D eigenvalue weighted by molar-refractivity contribution is 7.87. The predicted octanol–water partition coefficient (Wildman–Crippen LogP) is 2.90. The smallest absolute Gasteiger partial charge is 0.280 e. The van der Waals surface area contributed by atoms with E-state index in [1.807, 2.05) is 0 Å². The Morgan fingerprint density at radius 3 is 2.69 bits per heavy atom. The number of nitrogens with one attached hydrogen (secondary N) is 2. The van der Waals surface area contributed by atoms with Gasteiger partial charge in [0.25, 0.3) is 10.2 Å². The highest BCUT2D eigenvalue weighted by atomic mass is 35.5. The molecule has 1 aliphatic heterocycles. The lowest BCUT2D eigenvalue weighted by Crippen LogP contribution is -2.55. The van der Waals surface area contributed by atoms with Gasteiger partial charge in [-0.05, 0) is 36.8 Å². The molecule has 1 aromatic carbocycles. The lowest BCUT2D eigenvalue weighted by atomic mass is 10.1. The van der Waals surface area contributed by atoms with Gasteiger partial charge in [0, 0.05) is 17.6 Å². The molecular weight excluding hydrogens is 408 g/mol. The van der Waals surface area contributed by atoms with Gasteiger partial charge in [-0.1, -0.05) is 11.6 Å². The summed E-state index contributed by atoms with van der Waals surface area (Å²) >= 11 is 6.50. The first-order valence-corrected chi connectivity index (χ1v) is 10.1. The van der Waals surface area contributed by atoms with Crippen LogP contribution in [0.5, 0.6) is 0 Å². The van der Waals surface area contributed by atoms with Crippen LogP contribution in [0.4, 0.5) is 14.5 Å². The van der Waals surface area contributed by atoms with Crippen molar-refractivity contribution >= 4 is 44.7 Å². The first kappa shape index (κ1) is 19.2. The molecule has 140 valence electrons. The summed E-state index contributed by atoms with van der Waals surface area (Å²) in [6, 6.07) is 4.61. The average molecular weight is 422 g/mol. The molecule has 0 aliphatic carbocycles. The van der Waals surface area contributed by atoms with Gasteiger partial charge < -0.3 is 5.32 Å². The summed E-state index contributed by atoms with van der Waals surface area (Å²) in [7, 11) is -2.66. The molecule has 2 heterocycles. The second-order valence-corrected chi connectivity index (χ2v) is 8.94. The first-order chi connectivity index (χ1) is 12.2. The summed E-state index contributed by atoms with van der Waals surface area (Å²) in [5.74, 6) is -1.23. The van der Waals surface area contributed by atoms with Crippen molar-refractivity contribution in [2.45, 2.75) is 18.5 Å². The number of hydrogen-bond donors (Lipinski definition) is 2. The molecule has 11 heteroatoms. The van der Waals surface area contributed by atoms with Gasteiger partial charge >= 0.3 is 0 Å². The molecule has 1 aromatic heterocycles. The fourth-order valence-electron chi connectivity index (χ4n) is 2.61. The number of likely N-dealkylation sites (N-methyl/N-ethyl adjacent to an activating group) is 1. The third kappa shape index (κ3) is 3.89. The molecule has 26 heavy (non-hydrogen) atoms. The number of carbonyl (C=O) groups excluding carboxylic acids is 1. The van der Waals surface area contributed by atoms with E-state index in [2.05, 4.69) is 10.0 Å². The number of anilines is 1. The van der Waals surface area contributed by atoms with Crippen LogP contribution < -0.4 is 10.0 Å². The number of rotatable bonds is 3. The number of hydrogen-bond acceptors (Lipinski definition) is 4. The van der Waals surface area contributed by atoms with Gasteiger partial charge in [0.1, 0.15) is 11.9 Å². The molecule has 0 radical (unpaired) electrons. The molecule has 3 rings (SSSR count). The van der Waals surface area contributed by atoms with E-state index in [-0.39, 0.29) is 17.1 Å². The second-order valence-electron chi connectivity index (χ2n) is 5.70. The summed E-state index contributed by atoms with van der Waals surface area (Å²) in [5, 5.41) is 1.92. The normalized spacial score (nSPS) is 22.9. The maximum atomic E-state index is 13.3. The van der Waals surface area contributed by atoms with Gasteiger partial charge in [-0.3, -0.25) is 4.79 Å². The molecule has 6 nitrogen and oxygen atoms in total. The maximum Gasteiger partial charge on any atom is 0.280 e.